The normalized spacial score (nSPS) is 13.3. The predicted molar refractivity (Wildman–Crippen MR) is 141 cm³/mol. The van der Waals surface area contributed by atoms with E-state index in [4.69, 9.17) is 4.42 Å². The van der Waals surface area contributed by atoms with E-state index in [-0.39, 0.29) is 11.8 Å². The summed E-state index contributed by atoms with van der Waals surface area (Å²) in [6, 6.07) is 21.3. The standard InChI is InChI=1S/C29H25N5O3/c35-28(22-10-13-37-18-22)32-23-9-8-21-16-34(12-11-33(27(21)14-23)17-24-15-30-19-31-24)29(36)26-7-3-5-20-4-1-2-6-25(20)26/h1-10,13-15,18-19H,11-12,16-17H2,(H,30,31)(H,32,35). The lowest BCUT2D eigenvalue weighted by molar-refractivity contribution is 0.0753. The van der Waals surface area contributed by atoms with Crippen LogP contribution in [0.25, 0.3) is 10.8 Å². The van der Waals surface area contributed by atoms with E-state index in [0.717, 1.165) is 27.7 Å². The second-order valence-corrected chi connectivity index (χ2v) is 9.06. The number of nitrogens with zero attached hydrogens (tertiary/aromatic N) is 3. The highest BCUT2D eigenvalue weighted by Crippen LogP contribution is 2.31. The first-order valence-electron chi connectivity index (χ1n) is 12.1. The van der Waals surface area contributed by atoms with Gasteiger partial charge in [0.1, 0.15) is 6.26 Å². The summed E-state index contributed by atoms with van der Waals surface area (Å²) in [6.07, 6.45) is 6.35. The van der Waals surface area contributed by atoms with Crippen LogP contribution in [0.4, 0.5) is 11.4 Å². The van der Waals surface area contributed by atoms with Gasteiger partial charge < -0.3 is 24.5 Å². The number of hydrogen-bond donors (Lipinski definition) is 2. The fraction of sp³-hybridized carbons (Fsp3) is 0.138. The van der Waals surface area contributed by atoms with Gasteiger partial charge in [-0.2, -0.15) is 0 Å². The Hall–Kier alpha value is -4.85. The summed E-state index contributed by atoms with van der Waals surface area (Å²) < 4.78 is 5.04. The molecule has 0 saturated carbocycles. The number of hydrogen-bond acceptors (Lipinski definition) is 5. The number of benzene rings is 3. The van der Waals surface area contributed by atoms with Crippen LogP contribution in [-0.4, -0.2) is 39.8 Å². The van der Waals surface area contributed by atoms with Crippen LogP contribution in [0.2, 0.25) is 0 Å². The molecule has 8 heteroatoms. The van der Waals surface area contributed by atoms with Crippen molar-refractivity contribution in [2.75, 3.05) is 23.3 Å². The molecule has 0 saturated heterocycles. The summed E-state index contributed by atoms with van der Waals surface area (Å²) in [5, 5.41) is 4.94. The summed E-state index contributed by atoms with van der Waals surface area (Å²) in [7, 11) is 0. The van der Waals surface area contributed by atoms with E-state index in [1.165, 1.54) is 12.5 Å². The van der Waals surface area contributed by atoms with E-state index < -0.39 is 0 Å². The highest BCUT2D eigenvalue weighted by Gasteiger charge is 2.26. The number of aromatic amines is 1. The van der Waals surface area contributed by atoms with Crippen molar-refractivity contribution >= 4 is 34.0 Å². The zero-order chi connectivity index (χ0) is 25.2. The molecule has 0 bridgehead atoms. The Morgan fingerprint density at radius 1 is 1.03 bits per heavy atom. The number of furan rings is 1. The molecule has 1 aliphatic heterocycles. The van der Waals surface area contributed by atoms with E-state index in [0.29, 0.717) is 43.0 Å². The number of amides is 2. The van der Waals surface area contributed by atoms with Crippen molar-refractivity contribution in [1.29, 1.82) is 0 Å². The van der Waals surface area contributed by atoms with Crippen molar-refractivity contribution in [3.05, 3.63) is 114 Å². The van der Waals surface area contributed by atoms with E-state index in [1.54, 1.807) is 18.6 Å². The largest absolute Gasteiger partial charge is 0.472 e. The smallest absolute Gasteiger partial charge is 0.258 e. The molecule has 0 fully saturated rings. The van der Waals surface area contributed by atoms with Crippen molar-refractivity contribution in [2.45, 2.75) is 13.1 Å². The third-order valence-electron chi connectivity index (χ3n) is 6.69. The van der Waals surface area contributed by atoms with Gasteiger partial charge in [-0.15, -0.1) is 0 Å². The molecule has 3 aromatic carbocycles. The molecule has 2 amide bonds. The van der Waals surface area contributed by atoms with E-state index in [1.807, 2.05) is 65.6 Å². The van der Waals surface area contributed by atoms with Gasteiger partial charge in [-0.1, -0.05) is 42.5 Å². The van der Waals surface area contributed by atoms with E-state index in [9.17, 15) is 9.59 Å². The average Bonchev–Trinajstić information content (AvgIpc) is 3.62. The van der Waals surface area contributed by atoms with Crippen LogP contribution in [0, 0.1) is 0 Å². The molecule has 2 aromatic heterocycles. The molecule has 3 heterocycles. The monoisotopic (exact) mass is 491 g/mol. The second kappa shape index (κ2) is 9.66. The summed E-state index contributed by atoms with van der Waals surface area (Å²) >= 11 is 0. The van der Waals surface area contributed by atoms with Crippen molar-refractivity contribution in [1.82, 2.24) is 14.9 Å². The highest BCUT2D eigenvalue weighted by atomic mass is 16.3. The Balaban J connectivity index is 1.33. The summed E-state index contributed by atoms with van der Waals surface area (Å²) in [4.78, 5) is 37.8. The average molecular weight is 492 g/mol. The zero-order valence-electron chi connectivity index (χ0n) is 20.1. The van der Waals surface area contributed by atoms with E-state index >= 15 is 0 Å². The van der Waals surface area contributed by atoms with Gasteiger partial charge in [0.25, 0.3) is 11.8 Å². The first-order valence-corrected chi connectivity index (χ1v) is 12.1. The zero-order valence-corrected chi connectivity index (χ0v) is 20.1. The Kier molecular flexibility index (Phi) is 5.90. The number of carbonyl (C=O) groups is 2. The van der Waals surface area contributed by atoms with Crippen molar-refractivity contribution in [2.24, 2.45) is 0 Å². The first kappa shape index (κ1) is 22.6. The number of carbonyl (C=O) groups excluding carboxylic acids is 2. The molecule has 5 aromatic rings. The van der Waals surface area contributed by atoms with Crippen LogP contribution in [0.1, 0.15) is 32.0 Å². The number of anilines is 2. The Bertz CT molecular complexity index is 1550. The molecule has 0 atom stereocenters. The van der Waals surface area contributed by atoms with Crippen LogP contribution < -0.4 is 10.2 Å². The molecular formula is C29H25N5O3. The summed E-state index contributed by atoms with van der Waals surface area (Å²) in [5.74, 6) is -0.237. The lowest BCUT2D eigenvalue weighted by Gasteiger charge is -2.25. The molecule has 0 radical (unpaired) electrons. The van der Waals surface area contributed by atoms with Gasteiger partial charge in [0.05, 0.1) is 30.4 Å². The molecule has 37 heavy (non-hydrogen) atoms. The molecule has 0 unspecified atom stereocenters. The van der Waals surface area contributed by atoms with Gasteiger partial charge in [-0.25, -0.2) is 4.98 Å². The minimum atomic E-state index is -0.241. The highest BCUT2D eigenvalue weighted by molar-refractivity contribution is 6.07. The molecule has 184 valence electrons. The maximum atomic E-state index is 13.8. The van der Waals surface area contributed by atoms with Crippen molar-refractivity contribution in [3.8, 4) is 0 Å². The third kappa shape index (κ3) is 4.56. The van der Waals surface area contributed by atoms with E-state index in [2.05, 4.69) is 20.2 Å². The van der Waals surface area contributed by atoms with Gasteiger partial charge >= 0.3 is 0 Å². The number of H-pyrrole nitrogens is 1. The molecule has 2 N–H and O–H groups in total. The van der Waals surface area contributed by atoms with Crippen LogP contribution >= 0.6 is 0 Å². The van der Waals surface area contributed by atoms with Crippen molar-refractivity contribution < 1.29 is 14.0 Å². The van der Waals surface area contributed by atoms with Gasteiger partial charge in [0, 0.05) is 42.8 Å². The third-order valence-corrected chi connectivity index (χ3v) is 6.69. The minimum Gasteiger partial charge on any atom is -0.472 e. The summed E-state index contributed by atoms with van der Waals surface area (Å²) in [6.45, 7) is 2.25. The number of nitrogens with one attached hydrogen (secondary N) is 2. The fourth-order valence-corrected chi connectivity index (χ4v) is 4.81. The van der Waals surface area contributed by atoms with Crippen LogP contribution in [0.3, 0.4) is 0 Å². The Morgan fingerprint density at radius 3 is 2.76 bits per heavy atom. The van der Waals surface area contributed by atoms with Gasteiger partial charge in [0.2, 0.25) is 0 Å². The molecular weight excluding hydrogens is 466 g/mol. The molecule has 6 rings (SSSR count). The quantitative estimate of drug-likeness (QED) is 0.358. The summed E-state index contributed by atoms with van der Waals surface area (Å²) in [5.41, 5.74) is 4.77. The lowest BCUT2D eigenvalue weighted by atomic mass is 10.0. The molecule has 0 spiro atoms. The van der Waals surface area contributed by atoms with Gasteiger partial charge in [-0.05, 0) is 40.6 Å². The predicted octanol–water partition coefficient (Wildman–Crippen LogP) is 5.07. The number of fused-ring (bicyclic) bond motifs is 2. The van der Waals surface area contributed by atoms with Gasteiger partial charge in [-0.3, -0.25) is 9.59 Å². The van der Waals surface area contributed by atoms with Crippen LogP contribution in [0.5, 0.6) is 0 Å². The number of aromatic nitrogens is 2. The minimum absolute atomic E-state index is 0.00322. The van der Waals surface area contributed by atoms with Crippen LogP contribution in [0.15, 0.2) is 96.2 Å². The lowest BCUT2D eigenvalue weighted by Crippen LogP contribution is -2.35. The molecule has 0 aliphatic carbocycles. The van der Waals surface area contributed by atoms with Crippen LogP contribution in [-0.2, 0) is 13.1 Å². The molecule has 1 aliphatic rings. The molecule has 8 nitrogen and oxygen atoms in total. The Labute approximate surface area is 213 Å². The van der Waals surface area contributed by atoms with Gasteiger partial charge in [0.15, 0.2) is 0 Å². The number of imidazole rings is 1. The second-order valence-electron chi connectivity index (χ2n) is 9.06. The number of rotatable bonds is 5. The Morgan fingerprint density at radius 2 is 1.92 bits per heavy atom. The topological polar surface area (TPSA) is 94.5 Å². The maximum Gasteiger partial charge on any atom is 0.258 e. The maximum absolute atomic E-state index is 13.8. The first-order chi connectivity index (χ1) is 18.2. The fourth-order valence-electron chi connectivity index (χ4n) is 4.81. The SMILES string of the molecule is O=C(Nc1ccc2c(c1)N(Cc1cnc[nH]1)CCN(C(=O)c1cccc3ccccc13)C2)c1ccoc1. The van der Waals surface area contributed by atoms with Crippen molar-refractivity contribution in [3.63, 3.8) is 0 Å².